The third-order valence-corrected chi connectivity index (χ3v) is 6.87. The van der Waals surface area contributed by atoms with Crippen LogP contribution in [0.4, 0.5) is 13.2 Å². The van der Waals surface area contributed by atoms with Gasteiger partial charge in [-0.2, -0.15) is 13.2 Å². The number of alkyl halides is 3. The van der Waals surface area contributed by atoms with Gasteiger partial charge in [0.1, 0.15) is 5.60 Å². The van der Waals surface area contributed by atoms with E-state index in [1.807, 2.05) is 19.1 Å². The van der Waals surface area contributed by atoms with Crippen LogP contribution in [0.3, 0.4) is 0 Å². The highest BCUT2D eigenvalue weighted by molar-refractivity contribution is 5.86. The molecule has 3 aliphatic carbocycles. The molecule has 0 aromatic heterocycles. The number of hydrogen-bond acceptors (Lipinski definition) is 2. The van der Waals surface area contributed by atoms with Gasteiger partial charge in [-0.25, -0.2) is 0 Å². The van der Waals surface area contributed by atoms with E-state index in [1.54, 1.807) is 42.5 Å². The molecule has 3 aliphatic rings. The van der Waals surface area contributed by atoms with Crippen molar-refractivity contribution in [1.82, 2.24) is 0 Å². The van der Waals surface area contributed by atoms with E-state index in [2.05, 4.69) is 0 Å². The molecule has 0 aliphatic heterocycles. The molecule has 0 radical (unpaired) electrons. The fourth-order valence-electron chi connectivity index (χ4n) is 5.11. The van der Waals surface area contributed by atoms with Gasteiger partial charge < -0.3 is 10.2 Å². The highest BCUT2D eigenvalue weighted by Gasteiger charge is 2.63. The standard InChI is InChI=1S/C25H21F3O2/c1-22-10-6-5-9-17(22)13-20-21(14-22)23(2,29)18-11-15-7-3-4-8-16(15)12-19(18)24(20,30)25(26,27)28/h3-13,29-30H,14H2,1-2H3. The van der Waals surface area contributed by atoms with Crippen molar-refractivity contribution in [3.8, 4) is 0 Å². The second kappa shape index (κ2) is 5.74. The summed E-state index contributed by atoms with van der Waals surface area (Å²) in [5.74, 6) is 0. The van der Waals surface area contributed by atoms with Crippen LogP contribution in [0, 0.1) is 5.41 Å². The number of fused-ring (bicyclic) bond motifs is 3. The van der Waals surface area contributed by atoms with Crippen LogP contribution in [0.25, 0.3) is 10.8 Å². The Morgan fingerprint density at radius 3 is 2.20 bits per heavy atom. The van der Waals surface area contributed by atoms with Crippen LogP contribution in [0.2, 0.25) is 0 Å². The van der Waals surface area contributed by atoms with Gasteiger partial charge in [-0.3, -0.25) is 0 Å². The van der Waals surface area contributed by atoms with E-state index in [4.69, 9.17) is 0 Å². The maximum absolute atomic E-state index is 14.5. The molecule has 2 nitrogen and oxygen atoms in total. The van der Waals surface area contributed by atoms with Crippen molar-refractivity contribution in [2.24, 2.45) is 5.41 Å². The maximum Gasteiger partial charge on any atom is 0.425 e. The molecule has 2 N–H and O–H groups in total. The van der Waals surface area contributed by atoms with Crippen LogP contribution < -0.4 is 0 Å². The molecular formula is C25H21F3O2. The van der Waals surface area contributed by atoms with Crippen LogP contribution in [0.5, 0.6) is 0 Å². The molecule has 0 bridgehead atoms. The first-order valence-corrected chi connectivity index (χ1v) is 9.86. The SMILES string of the molecule is CC12C=CC=CC1=CC1=C(C2)C(C)(O)c2cc3ccccc3cc2C1(O)C(F)(F)F. The lowest BCUT2D eigenvalue weighted by molar-refractivity contribution is -0.251. The summed E-state index contributed by atoms with van der Waals surface area (Å²) in [5.41, 5.74) is -4.99. The molecular weight excluding hydrogens is 389 g/mol. The average Bonchev–Trinajstić information content (AvgIpc) is 2.69. The summed E-state index contributed by atoms with van der Waals surface area (Å²) in [7, 11) is 0. The summed E-state index contributed by atoms with van der Waals surface area (Å²) in [6.45, 7) is 3.46. The average molecular weight is 410 g/mol. The highest BCUT2D eigenvalue weighted by atomic mass is 19.4. The van der Waals surface area contributed by atoms with Gasteiger partial charge in [0.05, 0.1) is 0 Å². The first-order valence-electron chi connectivity index (χ1n) is 9.86. The van der Waals surface area contributed by atoms with E-state index in [1.165, 1.54) is 19.1 Å². The molecule has 0 fully saturated rings. The van der Waals surface area contributed by atoms with Gasteiger partial charge in [0, 0.05) is 11.0 Å². The molecule has 2 aromatic rings. The van der Waals surface area contributed by atoms with Crippen LogP contribution in [-0.2, 0) is 11.2 Å². The third-order valence-electron chi connectivity index (χ3n) is 6.87. The van der Waals surface area contributed by atoms with Gasteiger partial charge in [0.15, 0.2) is 0 Å². The normalized spacial score (nSPS) is 32.6. The molecule has 0 saturated carbocycles. The Morgan fingerprint density at radius 1 is 0.933 bits per heavy atom. The van der Waals surface area contributed by atoms with E-state index in [-0.39, 0.29) is 28.7 Å². The number of allylic oxidation sites excluding steroid dienone is 5. The largest absolute Gasteiger partial charge is 0.425 e. The minimum atomic E-state index is -4.96. The molecule has 0 heterocycles. The van der Waals surface area contributed by atoms with Crippen molar-refractivity contribution in [3.05, 3.63) is 94.6 Å². The first-order chi connectivity index (χ1) is 14.0. The van der Waals surface area contributed by atoms with Gasteiger partial charge >= 0.3 is 6.18 Å². The zero-order valence-electron chi connectivity index (χ0n) is 16.6. The lowest BCUT2D eigenvalue weighted by Gasteiger charge is -2.49. The molecule has 5 heteroatoms. The van der Waals surface area contributed by atoms with Crippen LogP contribution in [0.15, 0.2) is 83.5 Å². The summed E-state index contributed by atoms with van der Waals surface area (Å²) < 4.78 is 43.6. The lowest BCUT2D eigenvalue weighted by atomic mass is 9.59. The van der Waals surface area contributed by atoms with E-state index < -0.39 is 22.8 Å². The van der Waals surface area contributed by atoms with E-state index in [9.17, 15) is 23.4 Å². The van der Waals surface area contributed by atoms with Crippen molar-refractivity contribution in [2.75, 3.05) is 0 Å². The number of aliphatic hydroxyl groups is 2. The topological polar surface area (TPSA) is 40.5 Å². The van der Waals surface area contributed by atoms with Gasteiger partial charge in [-0.15, -0.1) is 0 Å². The van der Waals surface area contributed by atoms with Crippen LogP contribution >= 0.6 is 0 Å². The lowest BCUT2D eigenvalue weighted by Crippen LogP contribution is -2.52. The van der Waals surface area contributed by atoms with Crippen LogP contribution in [-0.4, -0.2) is 16.4 Å². The van der Waals surface area contributed by atoms with Gasteiger partial charge in [-0.05, 0) is 58.5 Å². The second-order valence-corrected chi connectivity index (χ2v) is 8.83. The molecule has 2 aromatic carbocycles. The molecule has 3 atom stereocenters. The van der Waals surface area contributed by atoms with Crippen molar-refractivity contribution in [3.63, 3.8) is 0 Å². The summed E-state index contributed by atoms with van der Waals surface area (Å²) in [5, 5.41) is 24.2. The summed E-state index contributed by atoms with van der Waals surface area (Å²) >= 11 is 0. The Hall–Kier alpha value is -2.63. The molecule has 30 heavy (non-hydrogen) atoms. The molecule has 0 amide bonds. The van der Waals surface area contributed by atoms with Gasteiger partial charge in [-0.1, -0.05) is 61.6 Å². The monoisotopic (exact) mass is 410 g/mol. The summed E-state index contributed by atoms with van der Waals surface area (Å²) in [4.78, 5) is 0. The predicted octanol–water partition coefficient (Wildman–Crippen LogP) is 5.57. The quantitative estimate of drug-likeness (QED) is 0.596. The van der Waals surface area contributed by atoms with E-state index in [0.717, 1.165) is 0 Å². The number of benzene rings is 2. The predicted molar refractivity (Wildman–Crippen MR) is 110 cm³/mol. The first kappa shape index (κ1) is 19.3. The fourth-order valence-corrected chi connectivity index (χ4v) is 5.11. The molecule has 154 valence electrons. The molecule has 0 spiro atoms. The van der Waals surface area contributed by atoms with Crippen molar-refractivity contribution in [2.45, 2.75) is 37.6 Å². The molecule has 0 saturated heterocycles. The zero-order chi connectivity index (χ0) is 21.5. The summed E-state index contributed by atoms with van der Waals surface area (Å²) in [6.07, 6.45) is 3.98. The minimum Gasteiger partial charge on any atom is -0.381 e. The Morgan fingerprint density at radius 2 is 1.57 bits per heavy atom. The second-order valence-electron chi connectivity index (χ2n) is 8.83. The van der Waals surface area contributed by atoms with Crippen LogP contribution in [0.1, 0.15) is 31.4 Å². The van der Waals surface area contributed by atoms with Gasteiger partial charge in [0.2, 0.25) is 5.60 Å². The van der Waals surface area contributed by atoms with Crippen molar-refractivity contribution >= 4 is 10.8 Å². The van der Waals surface area contributed by atoms with Crippen molar-refractivity contribution in [1.29, 1.82) is 0 Å². The fraction of sp³-hybridized carbons (Fsp3) is 0.280. The Labute approximate surface area is 172 Å². The Balaban J connectivity index is 1.89. The number of halogens is 3. The zero-order valence-corrected chi connectivity index (χ0v) is 16.6. The third kappa shape index (κ3) is 2.33. The molecule has 5 rings (SSSR count). The van der Waals surface area contributed by atoms with Gasteiger partial charge in [0.25, 0.3) is 0 Å². The van der Waals surface area contributed by atoms with E-state index >= 15 is 0 Å². The Bertz CT molecular complexity index is 1210. The van der Waals surface area contributed by atoms with Crippen molar-refractivity contribution < 1.29 is 23.4 Å². The summed E-state index contributed by atoms with van der Waals surface area (Å²) in [6, 6.07) is 9.96. The molecule has 3 unspecified atom stereocenters. The van der Waals surface area contributed by atoms with E-state index in [0.29, 0.717) is 16.3 Å². The maximum atomic E-state index is 14.5. The minimum absolute atomic E-state index is 0.0931. The number of hydrogen-bond donors (Lipinski definition) is 2. The smallest absolute Gasteiger partial charge is 0.381 e. The Kier molecular flexibility index (Phi) is 3.70. The number of rotatable bonds is 0. The highest BCUT2D eigenvalue weighted by Crippen LogP contribution is 2.60.